The number of hydrogen-bond acceptors (Lipinski definition) is 6. The fourth-order valence-corrected chi connectivity index (χ4v) is 8.75. The monoisotopic (exact) mass is 602 g/mol. The zero-order chi connectivity index (χ0) is 29.2. The van der Waals surface area contributed by atoms with Crippen LogP contribution < -0.4 is 4.72 Å². The van der Waals surface area contributed by atoms with Crippen LogP contribution in [-0.2, 0) is 38.7 Å². The highest BCUT2D eigenvalue weighted by Gasteiger charge is 2.51. The summed E-state index contributed by atoms with van der Waals surface area (Å²) in [5.41, 5.74) is 1.17. The Morgan fingerprint density at radius 1 is 0.927 bits per heavy atom. The van der Waals surface area contributed by atoms with Crippen LogP contribution in [-0.4, -0.2) is 47.2 Å². The zero-order valence-electron chi connectivity index (χ0n) is 25.6. The molecule has 0 saturated heterocycles. The Hall–Kier alpha value is -1.16. The van der Waals surface area contributed by atoms with Crippen molar-refractivity contribution in [1.82, 2.24) is 9.03 Å². The molecule has 0 amide bonds. The molecule has 2 aliphatic carbocycles. The SMILES string of the molecule is CC(C)(C)[S+]([O-])N[C@H](C1CC1)[C@@H]1CCC=C(CC(C)(C)[S+]([O-])N(Cc2ccccc2)[C@H](C2CC2)[C@@H]2CCC=CO2)O1. The number of rotatable bonds is 13. The van der Waals surface area contributed by atoms with E-state index in [0.717, 1.165) is 44.3 Å². The highest BCUT2D eigenvalue weighted by Crippen LogP contribution is 2.44. The summed E-state index contributed by atoms with van der Waals surface area (Å²) in [5, 5.41) is 0. The maximum absolute atomic E-state index is 14.7. The van der Waals surface area contributed by atoms with Crippen LogP contribution in [0.25, 0.3) is 0 Å². The highest BCUT2D eigenvalue weighted by atomic mass is 32.2. The molecule has 1 aromatic rings. The summed E-state index contributed by atoms with van der Waals surface area (Å²) in [6.45, 7) is 10.9. The molecular weight excluding hydrogens is 553 g/mol. The van der Waals surface area contributed by atoms with E-state index < -0.39 is 27.5 Å². The van der Waals surface area contributed by atoms with Crippen molar-refractivity contribution >= 4 is 22.7 Å². The second-order valence-corrected chi connectivity index (χ2v) is 18.0. The minimum Gasteiger partial charge on any atom is -0.598 e. The topological polar surface area (TPSA) is 79.8 Å². The van der Waals surface area contributed by atoms with E-state index >= 15 is 0 Å². The minimum atomic E-state index is -1.28. The molecule has 1 N–H and O–H groups in total. The van der Waals surface area contributed by atoms with Crippen molar-refractivity contribution in [2.24, 2.45) is 11.8 Å². The summed E-state index contributed by atoms with van der Waals surface area (Å²) in [7, 11) is 0. The maximum atomic E-state index is 14.7. The van der Waals surface area contributed by atoms with Crippen LogP contribution in [0.1, 0.15) is 98.0 Å². The number of hydrogen-bond donors (Lipinski definition) is 1. The van der Waals surface area contributed by atoms with Crippen LogP contribution in [0.5, 0.6) is 0 Å². The van der Waals surface area contributed by atoms with Gasteiger partial charge in [-0.3, -0.25) is 0 Å². The normalized spacial score (nSPS) is 26.5. The van der Waals surface area contributed by atoms with Crippen LogP contribution in [0.15, 0.2) is 54.5 Å². The molecule has 4 aliphatic rings. The number of ether oxygens (including phenoxy) is 2. The smallest absolute Gasteiger partial charge is 0.146 e. The van der Waals surface area contributed by atoms with E-state index in [2.05, 4.69) is 59.3 Å². The van der Waals surface area contributed by atoms with Gasteiger partial charge in [0.15, 0.2) is 0 Å². The third kappa shape index (κ3) is 8.27. The molecule has 8 heteroatoms. The van der Waals surface area contributed by atoms with Gasteiger partial charge in [0.2, 0.25) is 0 Å². The fraction of sp³-hybridized carbons (Fsp3) is 0.697. The highest BCUT2D eigenvalue weighted by molar-refractivity contribution is 7.91. The second kappa shape index (κ2) is 13.2. The van der Waals surface area contributed by atoms with Crippen molar-refractivity contribution < 1.29 is 18.6 Å². The van der Waals surface area contributed by atoms with Crippen molar-refractivity contribution in [2.75, 3.05) is 0 Å². The lowest BCUT2D eigenvalue weighted by atomic mass is 9.98. The van der Waals surface area contributed by atoms with Crippen molar-refractivity contribution in [3.8, 4) is 0 Å². The molecule has 5 rings (SSSR count). The van der Waals surface area contributed by atoms with Crippen molar-refractivity contribution in [2.45, 2.75) is 133 Å². The Kier molecular flexibility index (Phi) is 10.1. The first-order valence-corrected chi connectivity index (χ1v) is 17.9. The molecule has 2 fully saturated rings. The Labute approximate surface area is 254 Å². The summed E-state index contributed by atoms with van der Waals surface area (Å²) >= 11 is -2.42. The van der Waals surface area contributed by atoms with Gasteiger partial charge in [-0.05, 0) is 116 Å². The quantitative estimate of drug-likeness (QED) is 0.254. The lowest BCUT2D eigenvalue weighted by molar-refractivity contribution is 0.0422. The lowest BCUT2D eigenvalue weighted by Gasteiger charge is -2.42. The first-order valence-electron chi connectivity index (χ1n) is 15.6. The predicted molar refractivity (Wildman–Crippen MR) is 168 cm³/mol. The van der Waals surface area contributed by atoms with Gasteiger partial charge < -0.3 is 18.6 Å². The second-order valence-electron chi connectivity index (χ2n) is 14.0. The Balaban J connectivity index is 1.32. The number of allylic oxidation sites excluding steroid dienone is 3. The van der Waals surface area contributed by atoms with Gasteiger partial charge in [-0.2, -0.15) is 0 Å². The summed E-state index contributed by atoms with van der Waals surface area (Å²) in [6, 6.07) is 10.6. The summed E-state index contributed by atoms with van der Waals surface area (Å²) in [4.78, 5) is 0. The van der Waals surface area contributed by atoms with Gasteiger partial charge in [0.1, 0.15) is 21.7 Å². The molecule has 1 aromatic carbocycles. The van der Waals surface area contributed by atoms with Crippen LogP contribution in [0.4, 0.5) is 0 Å². The third-order valence-corrected chi connectivity index (χ3v) is 12.2. The minimum absolute atomic E-state index is 0.0138. The van der Waals surface area contributed by atoms with E-state index in [9.17, 15) is 9.11 Å². The molecule has 0 aromatic heterocycles. The van der Waals surface area contributed by atoms with Gasteiger partial charge in [0, 0.05) is 22.7 Å². The van der Waals surface area contributed by atoms with Gasteiger partial charge in [-0.25, -0.2) is 0 Å². The summed E-state index contributed by atoms with van der Waals surface area (Å²) < 4.78 is 45.3. The molecule has 6 atom stereocenters. The fourth-order valence-electron chi connectivity index (χ4n) is 6.11. The number of nitrogens with zero attached hydrogens (tertiary/aromatic N) is 1. The first kappa shape index (κ1) is 31.3. The average Bonchev–Trinajstić information content (AvgIpc) is 3.86. The summed E-state index contributed by atoms with van der Waals surface area (Å²) in [6.07, 6.45) is 15.2. The van der Waals surface area contributed by atoms with Gasteiger partial charge in [-0.1, -0.05) is 30.3 Å². The standard InChI is InChI=1S/C33H50N2O4S2/c1-32(2,3)40(36)34-30(25-17-18-25)28-16-11-14-27(39-28)22-33(4,5)41(37)35(23-24-12-7-6-8-13-24)31(26-19-20-26)29-15-9-10-21-38-29/h6-8,10,12-14,21,25-26,28-31,34H,9,11,15-20,22-23H2,1-5H3/t28-,29-,30+,31+,40?,41?/m0/s1. The molecule has 0 bridgehead atoms. The maximum Gasteiger partial charge on any atom is 0.146 e. The Morgan fingerprint density at radius 3 is 2.22 bits per heavy atom. The van der Waals surface area contributed by atoms with Gasteiger partial charge in [0.05, 0.1) is 37.1 Å². The van der Waals surface area contributed by atoms with E-state index in [1.165, 1.54) is 18.4 Å². The Bertz CT molecular complexity index is 1050. The van der Waals surface area contributed by atoms with Crippen LogP contribution in [0, 0.1) is 11.8 Å². The molecule has 2 saturated carbocycles. The van der Waals surface area contributed by atoms with E-state index in [0.29, 0.717) is 24.8 Å². The largest absolute Gasteiger partial charge is 0.598 e. The zero-order valence-corrected chi connectivity index (χ0v) is 27.2. The van der Waals surface area contributed by atoms with Crippen molar-refractivity contribution in [3.63, 3.8) is 0 Å². The van der Waals surface area contributed by atoms with E-state index in [1.54, 1.807) is 0 Å². The van der Waals surface area contributed by atoms with Gasteiger partial charge in [-0.15, -0.1) is 9.03 Å². The number of nitrogens with one attached hydrogen (secondary N) is 1. The third-order valence-electron chi connectivity index (χ3n) is 8.71. The van der Waals surface area contributed by atoms with Crippen molar-refractivity contribution in [1.29, 1.82) is 0 Å². The predicted octanol–water partition coefficient (Wildman–Crippen LogP) is 6.69. The van der Waals surface area contributed by atoms with E-state index in [1.807, 2.05) is 33.1 Å². The molecule has 41 heavy (non-hydrogen) atoms. The average molecular weight is 603 g/mol. The Morgan fingerprint density at radius 2 is 1.61 bits per heavy atom. The summed E-state index contributed by atoms with van der Waals surface area (Å²) in [5.74, 6) is 1.95. The molecular formula is C33H50N2O4S2. The first-order chi connectivity index (χ1) is 19.5. The van der Waals surface area contributed by atoms with Crippen LogP contribution in [0.2, 0.25) is 0 Å². The molecule has 6 nitrogen and oxygen atoms in total. The van der Waals surface area contributed by atoms with E-state index in [4.69, 9.17) is 9.47 Å². The van der Waals surface area contributed by atoms with E-state index in [-0.39, 0.29) is 29.0 Å². The molecule has 2 aliphatic heterocycles. The van der Waals surface area contributed by atoms with Crippen molar-refractivity contribution in [3.05, 3.63) is 60.1 Å². The molecule has 228 valence electrons. The molecule has 2 unspecified atom stereocenters. The molecule has 0 radical (unpaired) electrons. The lowest BCUT2D eigenvalue weighted by Crippen LogP contribution is -2.54. The molecule has 0 spiro atoms. The van der Waals surface area contributed by atoms with Gasteiger partial charge in [0.25, 0.3) is 0 Å². The van der Waals surface area contributed by atoms with Gasteiger partial charge >= 0.3 is 0 Å². The van der Waals surface area contributed by atoms with Crippen LogP contribution >= 0.6 is 0 Å². The number of benzene rings is 1. The molecule has 2 heterocycles. The van der Waals surface area contributed by atoms with Crippen LogP contribution in [0.3, 0.4) is 0 Å².